The average molecular weight is 487 g/mol. The summed E-state index contributed by atoms with van der Waals surface area (Å²) in [6, 6.07) is 11.9. The van der Waals surface area contributed by atoms with Crippen LogP contribution in [0.1, 0.15) is 0 Å². The van der Waals surface area contributed by atoms with Gasteiger partial charge in [0, 0.05) is 35.6 Å². The number of thiol groups is 2. The third-order valence-electron chi connectivity index (χ3n) is 2.66. The van der Waals surface area contributed by atoms with Gasteiger partial charge in [0.2, 0.25) is 0 Å². The van der Waals surface area contributed by atoms with E-state index in [1.54, 1.807) is 24.3 Å². The number of rotatable bonds is 4. The molecule has 2 rings (SSSR count). The zero-order chi connectivity index (χ0) is 19.7. The van der Waals surface area contributed by atoms with Crippen molar-refractivity contribution in [3.05, 3.63) is 68.8 Å². The largest absolute Gasteiger partial charge is 2.00 e. The molecule has 0 aliphatic carbocycles. The van der Waals surface area contributed by atoms with Gasteiger partial charge < -0.3 is 10.6 Å². The minimum atomic E-state index is -0.456. The quantitative estimate of drug-likeness (QED) is 0.165. The van der Waals surface area contributed by atoms with Crippen molar-refractivity contribution >= 4 is 81.1 Å². The predicted molar refractivity (Wildman–Crippen MR) is 117 cm³/mol. The molecule has 8 nitrogen and oxygen atoms in total. The minimum absolute atomic E-state index is 0. The number of anilines is 2. The van der Waals surface area contributed by atoms with Crippen molar-refractivity contribution in [1.29, 1.82) is 0 Å². The van der Waals surface area contributed by atoms with Crippen LogP contribution in [0.3, 0.4) is 0 Å². The van der Waals surface area contributed by atoms with Crippen molar-refractivity contribution in [2.24, 2.45) is 0 Å². The van der Waals surface area contributed by atoms with Crippen molar-refractivity contribution in [2.45, 2.75) is 0 Å². The third kappa shape index (κ3) is 10.2. The van der Waals surface area contributed by atoms with E-state index in [2.05, 4.69) is 60.3 Å². The van der Waals surface area contributed by atoms with Crippen LogP contribution in [0.4, 0.5) is 22.7 Å². The van der Waals surface area contributed by atoms with Crippen molar-refractivity contribution in [3.63, 3.8) is 0 Å². The maximum Gasteiger partial charge on any atom is 2.00 e. The van der Waals surface area contributed by atoms with E-state index in [9.17, 15) is 20.2 Å². The molecule has 13 heteroatoms. The van der Waals surface area contributed by atoms with Crippen LogP contribution in [0.25, 0.3) is 0 Å². The molecule has 0 aromatic heterocycles. The van der Waals surface area contributed by atoms with Gasteiger partial charge in [0.25, 0.3) is 11.4 Å². The average Bonchev–Trinajstić information content (AvgIpc) is 2.55. The zero-order valence-electron chi connectivity index (χ0n) is 13.2. The number of nitrogens with zero attached hydrogens (tertiary/aromatic N) is 2. The third-order valence-corrected chi connectivity index (χ3v) is 3.09. The Morgan fingerprint density at radius 2 is 1.00 bits per heavy atom. The van der Waals surface area contributed by atoms with Crippen LogP contribution in [0.2, 0.25) is 0 Å². The Kier molecular flexibility index (Phi) is 11.7. The van der Waals surface area contributed by atoms with Crippen molar-refractivity contribution in [2.75, 3.05) is 10.6 Å². The normalized spacial score (nSPS) is 8.96. The predicted octanol–water partition coefficient (Wildman–Crippen LogP) is 4.44. The molecule has 0 aliphatic heterocycles. The molecule has 0 heterocycles. The Hall–Kier alpha value is -1.79. The van der Waals surface area contributed by atoms with E-state index in [0.717, 1.165) is 0 Å². The SMILES string of the molecule is O=[N+]([O-])c1ccc(NC(=S)S)cc1.O=[N+]([O-])c1ccc(NC(=S)S)cc1.[Ni+2]. The summed E-state index contributed by atoms with van der Waals surface area (Å²) in [5.74, 6) is 0. The second-order valence-electron chi connectivity index (χ2n) is 4.47. The van der Waals surface area contributed by atoms with Gasteiger partial charge in [0.1, 0.15) is 8.64 Å². The Morgan fingerprint density at radius 3 is 1.19 bits per heavy atom. The second-order valence-corrected chi connectivity index (χ2v) is 6.78. The first-order chi connectivity index (χ1) is 12.2. The van der Waals surface area contributed by atoms with E-state index >= 15 is 0 Å². The first kappa shape index (κ1) is 25.2. The fourth-order valence-corrected chi connectivity index (χ4v) is 2.07. The Bertz CT molecular complexity index is 749. The monoisotopic (exact) mass is 486 g/mol. The number of nitro benzene ring substituents is 2. The van der Waals surface area contributed by atoms with Gasteiger partial charge in [-0.25, -0.2) is 0 Å². The number of hydrogen-bond donors (Lipinski definition) is 4. The molecular weight excluding hydrogens is 475 g/mol. The Labute approximate surface area is 186 Å². The summed E-state index contributed by atoms with van der Waals surface area (Å²) in [6.45, 7) is 0. The first-order valence-electron chi connectivity index (χ1n) is 6.68. The van der Waals surface area contributed by atoms with E-state index in [1.165, 1.54) is 24.3 Å². The van der Waals surface area contributed by atoms with Crippen LogP contribution in [0.5, 0.6) is 0 Å². The van der Waals surface area contributed by atoms with Gasteiger partial charge in [-0.2, -0.15) is 0 Å². The summed E-state index contributed by atoms with van der Waals surface area (Å²) in [5, 5.41) is 26.0. The summed E-state index contributed by atoms with van der Waals surface area (Å²) in [7, 11) is 0. The van der Waals surface area contributed by atoms with Gasteiger partial charge in [0.05, 0.1) is 9.85 Å². The first-order valence-corrected chi connectivity index (χ1v) is 8.39. The van der Waals surface area contributed by atoms with Crippen LogP contribution in [0.15, 0.2) is 48.5 Å². The zero-order valence-corrected chi connectivity index (χ0v) is 17.6. The molecule has 144 valence electrons. The minimum Gasteiger partial charge on any atom is -0.341 e. The van der Waals surface area contributed by atoms with E-state index < -0.39 is 9.85 Å². The molecule has 0 saturated carbocycles. The summed E-state index contributed by atoms with van der Waals surface area (Å²) >= 11 is 17.1. The molecule has 0 aliphatic rings. The van der Waals surface area contributed by atoms with Crippen LogP contribution < -0.4 is 10.6 Å². The molecule has 0 unspecified atom stereocenters. The number of hydrogen-bond acceptors (Lipinski definition) is 6. The summed E-state index contributed by atoms with van der Waals surface area (Å²) in [6.07, 6.45) is 0. The van der Waals surface area contributed by atoms with Crippen LogP contribution >= 0.6 is 49.7 Å². The standard InChI is InChI=1S/2C7H6N2O2S2.Ni/c2*10-9(11)6-3-1-5(2-4-6)8-7(12)13;/h2*1-4H,(H2,8,12,13);/q;;+2. The van der Waals surface area contributed by atoms with E-state index in [1.807, 2.05) is 0 Å². The smallest absolute Gasteiger partial charge is 0.341 e. The number of thiocarbonyl (C=S) groups is 2. The molecule has 27 heavy (non-hydrogen) atoms. The maximum atomic E-state index is 10.3. The van der Waals surface area contributed by atoms with Crippen molar-refractivity contribution in [3.8, 4) is 0 Å². The number of nitrogens with one attached hydrogen (secondary N) is 2. The molecule has 0 bridgehead atoms. The van der Waals surface area contributed by atoms with Gasteiger partial charge >= 0.3 is 16.5 Å². The van der Waals surface area contributed by atoms with E-state index in [4.69, 9.17) is 0 Å². The van der Waals surface area contributed by atoms with Crippen LogP contribution in [-0.2, 0) is 16.5 Å². The number of nitro groups is 2. The summed E-state index contributed by atoms with van der Waals surface area (Å²) in [4.78, 5) is 19.6. The van der Waals surface area contributed by atoms with Gasteiger partial charge in [0.15, 0.2) is 0 Å². The van der Waals surface area contributed by atoms with E-state index in [0.29, 0.717) is 20.0 Å². The molecular formula is C14H12N4NiO4S4+2. The topological polar surface area (TPSA) is 110 Å². The molecule has 0 saturated heterocycles. The van der Waals surface area contributed by atoms with Crippen LogP contribution in [0, 0.1) is 20.2 Å². The molecule has 0 radical (unpaired) electrons. The fourth-order valence-electron chi connectivity index (χ4n) is 1.58. The molecule has 2 aromatic rings. The molecule has 0 amide bonds. The van der Waals surface area contributed by atoms with Crippen molar-refractivity contribution < 1.29 is 26.3 Å². The maximum absolute atomic E-state index is 10.3. The molecule has 2 aromatic carbocycles. The van der Waals surface area contributed by atoms with Gasteiger partial charge in [-0.3, -0.25) is 20.2 Å². The van der Waals surface area contributed by atoms with Gasteiger partial charge in [-0.15, -0.1) is 25.3 Å². The molecule has 0 fully saturated rings. The Morgan fingerprint density at radius 1 is 0.741 bits per heavy atom. The second kappa shape index (κ2) is 12.6. The number of benzene rings is 2. The number of non-ortho nitro benzene ring substituents is 2. The molecule has 2 N–H and O–H groups in total. The summed E-state index contributed by atoms with van der Waals surface area (Å²) < 4.78 is 0.655. The summed E-state index contributed by atoms with van der Waals surface area (Å²) in [5.41, 5.74) is 1.47. The van der Waals surface area contributed by atoms with Crippen LogP contribution in [-0.4, -0.2) is 18.5 Å². The van der Waals surface area contributed by atoms with Gasteiger partial charge in [-0.1, -0.05) is 24.4 Å². The Balaban J connectivity index is 0.000000483. The van der Waals surface area contributed by atoms with Crippen molar-refractivity contribution in [1.82, 2.24) is 0 Å². The molecule has 0 atom stereocenters. The molecule has 0 spiro atoms. The fraction of sp³-hybridized carbons (Fsp3) is 0. The van der Waals surface area contributed by atoms with E-state index in [-0.39, 0.29) is 27.9 Å². The van der Waals surface area contributed by atoms with Gasteiger partial charge in [-0.05, 0) is 24.3 Å².